The van der Waals surface area contributed by atoms with Crippen molar-refractivity contribution < 1.29 is 24.6 Å². The van der Waals surface area contributed by atoms with Gasteiger partial charge in [0.15, 0.2) is 5.13 Å². The molecule has 9 heteroatoms. The zero-order valence-electron chi connectivity index (χ0n) is 21.2. The number of aliphatic hydroxyl groups excluding tert-OH is 1. The molecule has 38 heavy (non-hydrogen) atoms. The van der Waals surface area contributed by atoms with Crippen molar-refractivity contribution in [3.05, 3.63) is 94.3 Å². The van der Waals surface area contributed by atoms with Crippen LogP contribution < -0.4 is 4.90 Å². The lowest BCUT2D eigenvalue weighted by Crippen LogP contribution is -2.29. The lowest BCUT2D eigenvalue weighted by molar-refractivity contribution is -0.132. The Morgan fingerprint density at radius 3 is 2.45 bits per heavy atom. The second-order valence-electron chi connectivity index (χ2n) is 10.2. The minimum atomic E-state index is -1.08. The highest BCUT2D eigenvalue weighted by molar-refractivity contribution is 7.22. The molecule has 0 saturated carbocycles. The van der Waals surface area contributed by atoms with Crippen LogP contribution in [0.15, 0.2) is 66.4 Å². The van der Waals surface area contributed by atoms with Gasteiger partial charge >= 0.3 is 11.9 Å². The Bertz CT molecular complexity index is 1650. The third-order valence-corrected chi connectivity index (χ3v) is 7.62. The highest BCUT2D eigenvalue weighted by Crippen LogP contribution is 2.44. The third kappa shape index (κ3) is 4.24. The first-order chi connectivity index (χ1) is 18.0. The molecular formula is C29H25N3O5S. The van der Waals surface area contributed by atoms with E-state index in [1.54, 1.807) is 30.5 Å². The van der Waals surface area contributed by atoms with E-state index in [-0.39, 0.29) is 27.4 Å². The molecule has 1 amide bonds. The summed E-state index contributed by atoms with van der Waals surface area (Å²) in [5, 5.41) is 21.2. The van der Waals surface area contributed by atoms with Gasteiger partial charge in [0, 0.05) is 11.8 Å². The first-order valence-electron chi connectivity index (χ1n) is 11.9. The number of aromatic nitrogens is 2. The summed E-state index contributed by atoms with van der Waals surface area (Å²) in [5.74, 6) is -3.04. The maximum Gasteiger partial charge on any atom is 0.335 e. The summed E-state index contributed by atoms with van der Waals surface area (Å²) in [6.45, 7) is 7.99. The summed E-state index contributed by atoms with van der Waals surface area (Å²) < 4.78 is 0.551. The van der Waals surface area contributed by atoms with Gasteiger partial charge in [-0.1, -0.05) is 50.3 Å². The van der Waals surface area contributed by atoms with Crippen LogP contribution in [-0.2, 0) is 15.0 Å². The molecule has 2 aromatic heterocycles. The topological polar surface area (TPSA) is 121 Å². The first-order valence-corrected chi connectivity index (χ1v) is 12.8. The van der Waals surface area contributed by atoms with Gasteiger partial charge in [-0.15, -0.1) is 0 Å². The number of thiazole rings is 1. The predicted molar refractivity (Wildman–Crippen MR) is 145 cm³/mol. The van der Waals surface area contributed by atoms with Crippen molar-refractivity contribution in [2.75, 3.05) is 4.90 Å². The number of Topliss-reactive ketones (excluding diaryl/α,β-unsaturated/α-hetero) is 1. The lowest BCUT2D eigenvalue weighted by Gasteiger charge is -2.23. The minimum absolute atomic E-state index is 0.0756. The molecule has 0 aliphatic carbocycles. The number of carbonyl (C=O) groups excluding carboxylic acids is 2. The van der Waals surface area contributed by atoms with Gasteiger partial charge in [0.05, 0.1) is 27.0 Å². The van der Waals surface area contributed by atoms with Crippen LogP contribution in [-0.4, -0.2) is 37.8 Å². The normalized spacial score (nSPS) is 17.4. The van der Waals surface area contributed by atoms with Crippen LogP contribution in [0.5, 0.6) is 0 Å². The molecule has 0 bridgehead atoms. The molecule has 1 atom stereocenters. The van der Waals surface area contributed by atoms with Crippen LogP contribution in [0.2, 0.25) is 0 Å². The molecule has 1 aliphatic rings. The molecule has 0 spiro atoms. The quantitative estimate of drug-likeness (QED) is 0.201. The van der Waals surface area contributed by atoms with Gasteiger partial charge in [0.1, 0.15) is 11.8 Å². The van der Waals surface area contributed by atoms with Crippen LogP contribution in [0, 0.1) is 6.92 Å². The highest BCUT2D eigenvalue weighted by Gasteiger charge is 2.49. The zero-order chi connectivity index (χ0) is 27.4. The van der Waals surface area contributed by atoms with Gasteiger partial charge in [-0.05, 0) is 59.9 Å². The molecule has 0 radical (unpaired) electrons. The summed E-state index contributed by atoms with van der Waals surface area (Å²) >= 11 is 1.10. The van der Waals surface area contributed by atoms with E-state index in [9.17, 15) is 24.6 Å². The second-order valence-corrected chi connectivity index (χ2v) is 11.2. The van der Waals surface area contributed by atoms with E-state index in [0.717, 1.165) is 22.5 Å². The number of carbonyl (C=O) groups is 3. The van der Waals surface area contributed by atoms with Crippen LogP contribution in [0.4, 0.5) is 5.13 Å². The number of rotatable bonds is 4. The smallest absolute Gasteiger partial charge is 0.335 e. The van der Waals surface area contributed by atoms with Gasteiger partial charge in [-0.2, -0.15) is 0 Å². The molecule has 2 aromatic carbocycles. The molecule has 1 fully saturated rings. The molecule has 4 aromatic rings. The molecule has 8 nitrogen and oxygen atoms in total. The number of benzene rings is 2. The molecule has 2 N–H and O–H groups in total. The number of nitrogens with zero attached hydrogens (tertiary/aromatic N) is 3. The fourth-order valence-electron chi connectivity index (χ4n) is 4.48. The van der Waals surface area contributed by atoms with Crippen molar-refractivity contribution in [2.45, 2.75) is 39.2 Å². The standard InChI is InChI=1S/C29H25N3O5S/c1-15-8-10-17(29(2,3)4)14-18(15)24(33)22-23(20-7-5-6-12-30-20)32(26(35)25(22)34)28-31-19-11-9-16(27(36)37)13-21(19)38-28/h5-14,23,33H,1-4H3,(H,36,37)/b24-22+. The molecule has 1 aliphatic heterocycles. The zero-order valence-corrected chi connectivity index (χ0v) is 22.0. The van der Waals surface area contributed by atoms with Crippen molar-refractivity contribution in [3.63, 3.8) is 0 Å². The molecule has 1 saturated heterocycles. The van der Waals surface area contributed by atoms with Crippen LogP contribution in [0.3, 0.4) is 0 Å². The third-order valence-electron chi connectivity index (χ3n) is 6.60. The number of hydrogen-bond acceptors (Lipinski definition) is 7. The Kier molecular flexibility index (Phi) is 6.11. The lowest BCUT2D eigenvalue weighted by atomic mass is 9.84. The van der Waals surface area contributed by atoms with Crippen LogP contribution in [0.25, 0.3) is 16.0 Å². The Morgan fingerprint density at radius 1 is 1.03 bits per heavy atom. The number of aromatic carboxylic acids is 1. The van der Waals surface area contributed by atoms with Crippen molar-refractivity contribution in [2.24, 2.45) is 0 Å². The van der Waals surface area contributed by atoms with Gasteiger partial charge in [0.2, 0.25) is 0 Å². The van der Waals surface area contributed by atoms with E-state index in [1.165, 1.54) is 17.0 Å². The Morgan fingerprint density at radius 2 is 1.79 bits per heavy atom. The van der Waals surface area contributed by atoms with Crippen molar-refractivity contribution in [1.29, 1.82) is 0 Å². The number of carboxylic acids is 1. The van der Waals surface area contributed by atoms with Crippen molar-refractivity contribution in [1.82, 2.24) is 9.97 Å². The van der Waals surface area contributed by atoms with E-state index in [0.29, 0.717) is 21.5 Å². The average molecular weight is 528 g/mol. The molecule has 3 heterocycles. The number of fused-ring (bicyclic) bond motifs is 1. The molecule has 1 unspecified atom stereocenters. The van der Waals surface area contributed by atoms with Crippen molar-refractivity contribution >= 4 is 50.1 Å². The fraction of sp³-hybridized carbons (Fsp3) is 0.207. The minimum Gasteiger partial charge on any atom is -0.507 e. The number of hydrogen-bond donors (Lipinski definition) is 2. The van der Waals surface area contributed by atoms with Crippen molar-refractivity contribution in [3.8, 4) is 0 Å². The largest absolute Gasteiger partial charge is 0.507 e. The second kappa shape index (κ2) is 9.18. The molecule has 192 valence electrons. The van der Waals surface area contributed by atoms with E-state index in [4.69, 9.17) is 0 Å². The summed E-state index contributed by atoms with van der Waals surface area (Å²) in [6.07, 6.45) is 1.55. The van der Waals surface area contributed by atoms with E-state index >= 15 is 0 Å². The highest BCUT2D eigenvalue weighted by atomic mass is 32.1. The van der Waals surface area contributed by atoms with E-state index in [2.05, 4.69) is 30.7 Å². The average Bonchev–Trinajstić information content (AvgIpc) is 3.41. The number of ketones is 1. The molecular weight excluding hydrogens is 502 g/mol. The number of pyridine rings is 1. The van der Waals surface area contributed by atoms with E-state index in [1.807, 2.05) is 25.1 Å². The predicted octanol–water partition coefficient (Wildman–Crippen LogP) is 5.62. The molecule has 5 rings (SSSR count). The maximum atomic E-state index is 13.5. The number of carboxylic acid groups (broad SMARTS) is 1. The van der Waals surface area contributed by atoms with Gasteiger partial charge in [-0.3, -0.25) is 19.5 Å². The first kappa shape index (κ1) is 25.3. The Labute approximate surface area is 222 Å². The Balaban J connectivity index is 1.73. The summed E-state index contributed by atoms with van der Waals surface area (Å²) in [7, 11) is 0. The van der Waals surface area contributed by atoms with E-state index < -0.39 is 23.7 Å². The van der Waals surface area contributed by atoms with Gasteiger partial charge < -0.3 is 10.2 Å². The summed E-state index contributed by atoms with van der Waals surface area (Å²) in [6, 6.07) is 14.3. The van der Waals surface area contributed by atoms with Crippen LogP contribution >= 0.6 is 11.3 Å². The number of amides is 1. The maximum absolute atomic E-state index is 13.5. The monoisotopic (exact) mass is 527 g/mol. The van der Waals surface area contributed by atoms with Gasteiger partial charge in [0.25, 0.3) is 5.78 Å². The summed E-state index contributed by atoms with van der Waals surface area (Å²) in [4.78, 5) is 48.6. The van der Waals surface area contributed by atoms with Gasteiger partial charge in [-0.25, -0.2) is 9.78 Å². The summed E-state index contributed by atoms with van der Waals surface area (Å²) in [5.41, 5.74) is 2.88. The number of aryl methyl sites for hydroxylation is 1. The SMILES string of the molecule is Cc1ccc(C(C)(C)C)cc1/C(O)=C1\C(=O)C(=O)N(c2nc3ccc(C(=O)O)cc3s2)C1c1ccccn1. The number of anilines is 1. The number of aliphatic hydroxyl groups is 1. The Hall–Kier alpha value is -4.37. The van der Waals surface area contributed by atoms with Crippen LogP contribution in [0.1, 0.15) is 59.6 Å². The fourth-order valence-corrected chi connectivity index (χ4v) is 5.52.